The number of hydrogen-bond donors (Lipinski definition) is 2. The zero-order chi connectivity index (χ0) is 13.7. The summed E-state index contributed by atoms with van der Waals surface area (Å²) in [6.45, 7) is 5.10. The fraction of sp³-hybridized carbons (Fsp3) is 0.294. The van der Waals surface area contributed by atoms with Crippen LogP contribution in [0.3, 0.4) is 0 Å². The molecule has 0 saturated heterocycles. The van der Waals surface area contributed by atoms with Crippen LogP contribution in [0.15, 0.2) is 48.5 Å². The first-order valence-corrected chi connectivity index (χ1v) is 6.79. The Morgan fingerprint density at radius 1 is 1.05 bits per heavy atom. The number of phenolic OH excluding ortho intramolecular Hbond substituents is 1. The minimum atomic E-state index is 0.220. The Hall–Kier alpha value is -1.80. The molecule has 19 heavy (non-hydrogen) atoms. The van der Waals surface area contributed by atoms with Gasteiger partial charge in [-0.15, -0.1) is 0 Å². The van der Waals surface area contributed by atoms with Crippen molar-refractivity contribution in [2.24, 2.45) is 0 Å². The Labute approximate surface area is 115 Å². The highest BCUT2D eigenvalue weighted by Crippen LogP contribution is 2.18. The molecular weight excluding hydrogens is 234 g/mol. The standard InChI is InChI=1S/C17H21NO/c1-3-14-7-9-15(10-8-14)12-18-13(2)16-5-4-6-17(19)11-16/h4-11,13,18-19H,3,12H2,1-2H3. The van der Waals surface area contributed by atoms with Crippen molar-refractivity contribution < 1.29 is 5.11 Å². The molecule has 2 rings (SSSR count). The SMILES string of the molecule is CCc1ccc(CNC(C)c2cccc(O)c2)cc1. The summed E-state index contributed by atoms with van der Waals surface area (Å²) in [4.78, 5) is 0. The molecule has 0 saturated carbocycles. The predicted molar refractivity (Wildman–Crippen MR) is 79.2 cm³/mol. The van der Waals surface area contributed by atoms with Crippen LogP contribution in [0.5, 0.6) is 5.75 Å². The summed E-state index contributed by atoms with van der Waals surface area (Å²) < 4.78 is 0. The van der Waals surface area contributed by atoms with Gasteiger partial charge in [0.05, 0.1) is 0 Å². The Bertz CT molecular complexity index is 519. The van der Waals surface area contributed by atoms with E-state index in [-0.39, 0.29) is 6.04 Å². The number of phenols is 1. The molecular formula is C17H21NO. The van der Waals surface area contributed by atoms with Crippen LogP contribution in [0.4, 0.5) is 0 Å². The number of benzene rings is 2. The van der Waals surface area contributed by atoms with Gasteiger partial charge in [0.15, 0.2) is 0 Å². The molecule has 0 fully saturated rings. The fourth-order valence-corrected chi connectivity index (χ4v) is 2.08. The van der Waals surface area contributed by atoms with E-state index in [2.05, 4.69) is 43.4 Å². The Kier molecular flexibility index (Phi) is 4.58. The van der Waals surface area contributed by atoms with Gasteiger partial charge in [-0.2, -0.15) is 0 Å². The Morgan fingerprint density at radius 3 is 2.37 bits per heavy atom. The molecule has 2 nitrogen and oxygen atoms in total. The van der Waals surface area contributed by atoms with E-state index in [0.29, 0.717) is 5.75 Å². The average Bonchev–Trinajstić information content (AvgIpc) is 2.45. The van der Waals surface area contributed by atoms with Crippen molar-refractivity contribution in [1.82, 2.24) is 5.32 Å². The first-order chi connectivity index (χ1) is 9.19. The molecule has 0 aliphatic carbocycles. The lowest BCUT2D eigenvalue weighted by atomic mass is 10.1. The van der Waals surface area contributed by atoms with Gasteiger partial charge in [0, 0.05) is 12.6 Å². The van der Waals surface area contributed by atoms with Gasteiger partial charge in [0.2, 0.25) is 0 Å². The van der Waals surface area contributed by atoms with E-state index >= 15 is 0 Å². The van der Waals surface area contributed by atoms with Crippen molar-refractivity contribution in [1.29, 1.82) is 0 Å². The lowest BCUT2D eigenvalue weighted by molar-refractivity contribution is 0.472. The molecule has 0 aliphatic rings. The van der Waals surface area contributed by atoms with Crippen LogP contribution in [0.1, 0.15) is 36.6 Å². The first kappa shape index (κ1) is 13.6. The smallest absolute Gasteiger partial charge is 0.115 e. The van der Waals surface area contributed by atoms with Crippen molar-refractivity contribution >= 4 is 0 Å². The van der Waals surface area contributed by atoms with Crippen molar-refractivity contribution in [3.8, 4) is 5.75 Å². The Morgan fingerprint density at radius 2 is 1.74 bits per heavy atom. The summed E-state index contributed by atoms with van der Waals surface area (Å²) in [5.74, 6) is 0.318. The largest absolute Gasteiger partial charge is 0.508 e. The number of nitrogens with one attached hydrogen (secondary N) is 1. The molecule has 0 bridgehead atoms. The van der Waals surface area contributed by atoms with Gasteiger partial charge in [0.25, 0.3) is 0 Å². The topological polar surface area (TPSA) is 32.3 Å². The first-order valence-electron chi connectivity index (χ1n) is 6.79. The zero-order valence-corrected chi connectivity index (χ0v) is 11.6. The predicted octanol–water partition coefficient (Wildman–Crippen LogP) is 3.81. The second-order valence-electron chi connectivity index (χ2n) is 4.87. The van der Waals surface area contributed by atoms with Crippen molar-refractivity contribution in [3.05, 3.63) is 65.2 Å². The minimum Gasteiger partial charge on any atom is -0.508 e. The molecule has 0 spiro atoms. The van der Waals surface area contributed by atoms with E-state index < -0.39 is 0 Å². The highest BCUT2D eigenvalue weighted by Gasteiger charge is 2.05. The maximum Gasteiger partial charge on any atom is 0.115 e. The van der Waals surface area contributed by atoms with Gasteiger partial charge >= 0.3 is 0 Å². The van der Waals surface area contributed by atoms with Crippen LogP contribution in [-0.2, 0) is 13.0 Å². The number of aromatic hydroxyl groups is 1. The number of aryl methyl sites for hydroxylation is 1. The molecule has 100 valence electrons. The number of hydrogen-bond acceptors (Lipinski definition) is 2. The van der Waals surface area contributed by atoms with Crippen LogP contribution < -0.4 is 5.32 Å². The second-order valence-corrected chi connectivity index (χ2v) is 4.87. The molecule has 0 heterocycles. The third kappa shape index (κ3) is 3.83. The van der Waals surface area contributed by atoms with Gasteiger partial charge in [-0.05, 0) is 42.2 Å². The molecule has 0 aromatic heterocycles. The van der Waals surface area contributed by atoms with Crippen LogP contribution in [0.25, 0.3) is 0 Å². The normalized spacial score (nSPS) is 12.3. The summed E-state index contributed by atoms with van der Waals surface area (Å²) in [5, 5.41) is 12.9. The van der Waals surface area contributed by atoms with Gasteiger partial charge in [0.1, 0.15) is 5.75 Å². The van der Waals surface area contributed by atoms with E-state index in [1.165, 1.54) is 11.1 Å². The third-order valence-corrected chi connectivity index (χ3v) is 3.41. The van der Waals surface area contributed by atoms with Gasteiger partial charge in [-0.25, -0.2) is 0 Å². The van der Waals surface area contributed by atoms with Crippen molar-refractivity contribution in [2.45, 2.75) is 32.9 Å². The maximum absolute atomic E-state index is 9.48. The quantitative estimate of drug-likeness (QED) is 0.851. The molecule has 2 N–H and O–H groups in total. The highest BCUT2D eigenvalue weighted by atomic mass is 16.3. The van der Waals surface area contributed by atoms with E-state index in [1.807, 2.05) is 12.1 Å². The van der Waals surface area contributed by atoms with E-state index in [4.69, 9.17) is 0 Å². The van der Waals surface area contributed by atoms with Crippen LogP contribution in [0.2, 0.25) is 0 Å². The molecule has 2 aromatic rings. The van der Waals surface area contributed by atoms with Gasteiger partial charge < -0.3 is 10.4 Å². The molecule has 1 unspecified atom stereocenters. The molecule has 0 amide bonds. The Balaban J connectivity index is 1.94. The average molecular weight is 255 g/mol. The third-order valence-electron chi connectivity index (χ3n) is 3.41. The number of rotatable bonds is 5. The second kappa shape index (κ2) is 6.39. The molecule has 1 atom stereocenters. The van der Waals surface area contributed by atoms with Crippen LogP contribution in [0, 0.1) is 0 Å². The van der Waals surface area contributed by atoms with E-state index in [1.54, 1.807) is 12.1 Å². The summed E-state index contributed by atoms with van der Waals surface area (Å²) in [7, 11) is 0. The highest BCUT2D eigenvalue weighted by molar-refractivity contribution is 5.29. The fourth-order valence-electron chi connectivity index (χ4n) is 2.08. The molecule has 2 aromatic carbocycles. The molecule has 0 radical (unpaired) electrons. The monoisotopic (exact) mass is 255 g/mol. The van der Waals surface area contributed by atoms with Crippen molar-refractivity contribution in [3.63, 3.8) is 0 Å². The van der Waals surface area contributed by atoms with Gasteiger partial charge in [-0.3, -0.25) is 0 Å². The minimum absolute atomic E-state index is 0.220. The van der Waals surface area contributed by atoms with Crippen LogP contribution >= 0.6 is 0 Å². The lowest BCUT2D eigenvalue weighted by Crippen LogP contribution is -2.17. The summed E-state index contributed by atoms with van der Waals surface area (Å²) in [5.41, 5.74) is 3.75. The van der Waals surface area contributed by atoms with Crippen molar-refractivity contribution in [2.75, 3.05) is 0 Å². The summed E-state index contributed by atoms with van der Waals surface area (Å²) >= 11 is 0. The van der Waals surface area contributed by atoms with E-state index in [0.717, 1.165) is 18.5 Å². The maximum atomic E-state index is 9.48. The molecule has 0 aliphatic heterocycles. The van der Waals surface area contributed by atoms with Crippen LogP contribution in [-0.4, -0.2) is 5.11 Å². The van der Waals surface area contributed by atoms with E-state index in [9.17, 15) is 5.11 Å². The zero-order valence-electron chi connectivity index (χ0n) is 11.6. The summed E-state index contributed by atoms with van der Waals surface area (Å²) in [6.07, 6.45) is 1.08. The van der Waals surface area contributed by atoms with Gasteiger partial charge in [-0.1, -0.05) is 43.3 Å². The molecule has 2 heteroatoms. The lowest BCUT2D eigenvalue weighted by Gasteiger charge is -2.14. The summed E-state index contributed by atoms with van der Waals surface area (Å²) in [6, 6.07) is 16.3.